The lowest BCUT2D eigenvalue weighted by atomic mass is 10.1. The third kappa shape index (κ3) is 3.30. The molecule has 0 unspecified atom stereocenters. The Balaban J connectivity index is 2.36. The van der Waals surface area contributed by atoms with E-state index in [4.69, 9.17) is 5.11 Å². The fourth-order valence-corrected chi connectivity index (χ4v) is 1.30. The molecule has 16 heavy (non-hydrogen) atoms. The number of unbranched alkanes of at least 4 members (excludes halogenated alkanes) is 1. The van der Waals surface area contributed by atoms with Crippen molar-refractivity contribution < 1.29 is 19.5 Å². The van der Waals surface area contributed by atoms with Crippen LogP contribution in [0.4, 0.5) is 4.79 Å². The van der Waals surface area contributed by atoms with Gasteiger partial charge in [-0.1, -0.05) is 6.58 Å². The number of carboxylic acids is 1. The van der Waals surface area contributed by atoms with Crippen LogP contribution in [-0.2, 0) is 9.59 Å². The van der Waals surface area contributed by atoms with E-state index in [1.807, 2.05) is 0 Å². The molecular formula is C10H12N2O4. The van der Waals surface area contributed by atoms with Crippen molar-refractivity contribution in [3.63, 3.8) is 0 Å². The number of aliphatic carboxylic acids is 1. The number of allylic oxidation sites excluding steroid dienone is 1. The Hall–Kier alpha value is -1.98. The lowest BCUT2D eigenvalue weighted by Gasteiger charge is -2.00. The van der Waals surface area contributed by atoms with Crippen molar-refractivity contribution in [3.8, 4) is 0 Å². The Morgan fingerprint density at radius 3 is 2.44 bits per heavy atom. The van der Waals surface area contributed by atoms with Crippen molar-refractivity contribution in [1.82, 2.24) is 5.32 Å². The molecule has 86 valence electrons. The molecule has 0 atom stereocenters. The number of rotatable bonds is 6. The third-order valence-corrected chi connectivity index (χ3v) is 2.07. The van der Waals surface area contributed by atoms with Crippen molar-refractivity contribution in [1.29, 1.82) is 0 Å². The van der Waals surface area contributed by atoms with Gasteiger partial charge in [-0.15, -0.1) is 0 Å². The minimum absolute atomic E-state index is 0.0396. The number of aliphatic imine (C=N–C) groups is 1. The molecule has 2 amide bonds. The Kier molecular flexibility index (Phi) is 3.93. The zero-order valence-electron chi connectivity index (χ0n) is 8.65. The Bertz CT molecular complexity index is 384. The van der Waals surface area contributed by atoms with E-state index in [2.05, 4.69) is 16.9 Å². The second-order valence-corrected chi connectivity index (χ2v) is 3.39. The highest BCUT2D eigenvalue weighted by molar-refractivity contribution is 6.49. The van der Waals surface area contributed by atoms with Crippen molar-refractivity contribution in [3.05, 3.63) is 12.3 Å². The largest absolute Gasteiger partial charge is 0.481 e. The van der Waals surface area contributed by atoms with E-state index in [1.165, 1.54) is 0 Å². The first-order chi connectivity index (χ1) is 7.50. The summed E-state index contributed by atoms with van der Waals surface area (Å²) >= 11 is 0. The first-order valence-electron chi connectivity index (χ1n) is 4.84. The maximum absolute atomic E-state index is 11.5. The molecule has 6 heteroatoms. The summed E-state index contributed by atoms with van der Waals surface area (Å²) in [6.07, 6.45) is 1.12. The van der Waals surface area contributed by atoms with Gasteiger partial charge in [0.25, 0.3) is 0 Å². The van der Waals surface area contributed by atoms with E-state index in [0.717, 1.165) is 0 Å². The molecular weight excluding hydrogens is 212 g/mol. The molecule has 2 N–H and O–H groups in total. The first-order valence-corrected chi connectivity index (χ1v) is 4.84. The SMILES string of the molecule is C=C1NC(=O)N=C1C(=O)CCCCC(=O)O. The number of carbonyl (C=O) groups excluding carboxylic acids is 2. The topological polar surface area (TPSA) is 95.8 Å². The van der Waals surface area contributed by atoms with E-state index in [-0.39, 0.29) is 30.0 Å². The highest BCUT2D eigenvalue weighted by Crippen LogP contribution is 2.08. The van der Waals surface area contributed by atoms with Crippen molar-refractivity contribution in [2.24, 2.45) is 4.99 Å². The quantitative estimate of drug-likeness (QED) is 0.654. The van der Waals surface area contributed by atoms with Gasteiger partial charge < -0.3 is 10.4 Å². The van der Waals surface area contributed by atoms with Gasteiger partial charge in [0.05, 0.1) is 5.70 Å². The fourth-order valence-electron chi connectivity index (χ4n) is 1.30. The van der Waals surface area contributed by atoms with Gasteiger partial charge in [0.2, 0.25) is 0 Å². The van der Waals surface area contributed by atoms with Crippen LogP contribution in [0.5, 0.6) is 0 Å². The number of carboxylic acid groups (broad SMARTS) is 1. The highest BCUT2D eigenvalue weighted by atomic mass is 16.4. The molecule has 0 aromatic carbocycles. The number of ketones is 1. The lowest BCUT2D eigenvalue weighted by Crippen LogP contribution is -2.19. The molecule has 0 aromatic heterocycles. The van der Waals surface area contributed by atoms with Crippen LogP contribution in [0.25, 0.3) is 0 Å². The van der Waals surface area contributed by atoms with Gasteiger partial charge in [0, 0.05) is 12.8 Å². The average molecular weight is 224 g/mol. The van der Waals surface area contributed by atoms with Gasteiger partial charge in [-0.05, 0) is 12.8 Å². The number of nitrogens with zero attached hydrogens (tertiary/aromatic N) is 1. The van der Waals surface area contributed by atoms with Crippen LogP contribution >= 0.6 is 0 Å². The van der Waals surface area contributed by atoms with Crippen LogP contribution in [0.3, 0.4) is 0 Å². The smallest absolute Gasteiger partial charge is 0.346 e. The van der Waals surface area contributed by atoms with Crippen LogP contribution < -0.4 is 5.32 Å². The van der Waals surface area contributed by atoms with Gasteiger partial charge in [-0.2, -0.15) is 4.99 Å². The van der Waals surface area contributed by atoms with Crippen molar-refractivity contribution in [2.75, 3.05) is 0 Å². The molecule has 0 fully saturated rings. The molecule has 1 heterocycles. The molecule has 0 bridgehead atoms. The van der Waals surface area contributed by atoms with Crippen LogP contribution in [0.1, 0.15) is 25.7 Å². The summed E-state index contributed by atoms with van der Waals surface area (Å²) in [4.78, 5) is 36.0. The maximum Gasteiger partial charge on any atom is 0.346 e. The van der Waals surface area contributed by atoms with E-state index in [1.54, 1.807) is 0 Å². The van der Waals surface area contributed by atoms with Gasteiger partial charge in [0.15, 0.2) is 5.78 Å². The molecule has 1 aliphatic rings. The van der Waals surface area contributed by atoms with Crippen LogP contribution in [0.15, 0.2) is 17.3 Å². The van der Waals surface area contributed by atoms with Crippen molar-refractivity contribution >= 4 is 23.5 Å². The Morgan fingerprint density at radius 2 is 1.94 bits per heavy atom. The van der Waals surface area contributed by atoms with Crippen LogP contribution in [-0.4, -0.2) is 28.6 Å². The molecule has 6 nitrogen and oxygen atoms in total. The highest BCUT2D eigenvalue weighted by Gasteiger charge is 2.23. The molecule has 0 spiro atoms. The predicted octanol–water partition coefficient (Wildman–Crippen LogP) is 0.878. The number of Topliss-reactive ketones (excluding diaryl/α,β-unsaturated/α-hetero) is 1. The minimum Gasteiger partial charge on any atom is -0.481 e. The Labute approximate surface area is 92.1 Å². The predicted molar refractivity (Wildman–Crippen MR) is 56.2 cm³/mol. The molecule has 0 saturated heterocycles. The molecule has 0 aliphatic carbocycles. The second kappa shape index (κ2) is 5.20. The summed E-state index contributed by atoms with van der Waals surface area (Å²) < 4.78 is 0. The fraction of sp³-hybridized carbons (Fsp3) is 0.400. The third-order valence-electron chi connectivity index (χ3n) is 2.07. The Morgan fingerprint density at radius 1 is 1.31 bits per heavy atom. The van der Waals surface area contributed by atoms with E-state index in [0.29, 0.717) is 12.8 Å². The van der Waals surface area contributed by atoms with Crippen LogP contribution in [0.2, 0.25) is 0 Å². The molecule has 0 radical (unpaired) electrons. The van der Waals surface area contributed by atoms with E-state index >= 15 is 0 Å². The minimum atomic E-state index is -0.882. The number of carbonyl (C=O) groups is 3. The van der Waals surface area contributed by atoms with E-state index < -0.39 is 12.0 Å². The summed E-state index contributed by atoms with van der Waals surface area (Å²) in [6.45, 7) is 3.49. The zero-order valence-corrected chi connectivity index (χ0v) is 8.65. The molecule has 1 rings (SSSR count). The molecule has 1 aliphatic heterocycles. The lowest BCUT2D eigenvalue weighted by molar-refractivity contribution is -0.137. The summed E-state index contributed by atoms with van der Waals surface area (Å²) in [5, 5.41) is 10.7. The number of urea groups is 1. The van der Waals surface area contributed by atoms with Gasteiger partial charge >= 0.3 is 12.0 Å². The molecule has 0 saturated carbocycles. The number of amides is 2. The molecule has 0 aromatic rings. The van der Waals surface area contributed by atoms with Gasteiger partial charge in [-0.25, -0.2) is 4.79 Å². The average Bonchev–Trinajstić information content (AvgIpc) is 2.52. The second-order valence-electron chi connectivity index (χ2n) is 3.39. The maximum atomic E-state index is 11.5. The van der Waals surface area contributed by atoms with Crippen molar-refractivity contribution in [2.45, 2.75) is 25.7 Å². The van der Waals surface area contributed by atoms with Crippen LogP contribution in [0, 0.1) is 0 Å². The number of nitrogens with one attached hydrogen (secondary N) is 1. The standard InChI is InChI=1S/C10H12N2O4/c1-6-9(12-10(16)11-6)7(13)4-2-3-5-8(14)15/h1-5H2,(H,11,16)(H,14,15). The normalized spacial score (nSPS) is 14.6. The summed E-state index contributed by atoms with van der Waals surface area (Å²) in [5.41, 5.74) is 0.272. The monoisotopic (exact) mass is 224 g/mol. The summed E-state index contributed by atoms with van der Waals surface area (Å²) in [6, 6.07) is -0.584. The van der Waals surface area contributed by atoms with E-state index in [9.17, 15) is 14.4 Å². The number of hydrogen-bond acceptors (Lipinski definition) is 3. The number of hydrogen-bond donors (Lipinski definition) is 2. The van der Waals surface area contributed by atoms with Gasteiger partial charge in [0.1, 0.15) is 5.71 Å². The summed E-state index contributed by atoms with van der Waals surface area (Å²) in [7, 11) is 0. The first kappa shape index (κ1) is 12.1. The zero-order chi connectivity index (χ0) is 12.1. The van der Waals surface area contributed by atoms with Gasteiger partial charge in [-0.3, -0.25) is 9.59 Å². The summed E-state index contributed by atoms with van der Waals surface area (Å²) in [5.74, 6) is -1.17.